The van der Waals surface area contributed by atoms with Crippen LogP contribution in [-0.4, -0.2) is 29.6 Å². The summed E-state index contributed by atoms with van der Waals surface area (Å²) in [6, 6.07) is 10.0. The predicted molar refractivity (Wildman–Crippen MR) is 91.4 cm³/mol. The third-order valence-electron chi connectivity index (χ3n) is 4.60. The zero-order valence-electron chi connectivity index (χ0n) is 14.5. The van der Waals surface area contributed by atoms with E-state index in [2.05, 4.69) is 39.5 Å². The first-order valence-electron chi connectivity index (χ1n) is 8.39. The van der Waals surface area contributed by atoms with Gasteiger partial charge in [-0.3, -0.25) is 0 Å². The third-order valence-corrected chi connectivity index (χ3v) is 4.60. The molecule has 0 aliphatic carbocycles. The molecular weight excluding hydrogens is 258 g/mol. The summed E-state index contributed by atoms with van der Waals surface area (Å²) < 4.78 is 0. The maximum Gasteiger partial charge on any atom is 0.0853 e. The highest BCUT2D eigenvalue weighted by Crippen LogP contribution is 2.34. The van der Waals surface area contributed by atoms with E-state index in [-0.39, 0.29) is 5.41 Å². The lowest BCUT2D eigenvalue weighted by Crippen LogP contribution is -2.40. The van der Waals surface area contributed by atoms with E-state index in [4.69, 9.17) is 0 Å². The summed E-state index contributed by atoms with van der Waals surface area (Å²) >= 11 is 0. The normalized spacial score (nSPS) is 13.9. The van der Waals surface area contributed by atoms with Crippen molar-refractivity contribution in [1.29, 1.82) is 0 Å². The Morgan fingerprint density at radius 2 is 1.62 bits per heavy atom. The van der Waals surface area contributed by atoms with Crippen LogP contribution < -0.4 is 0 Å². The summed E-state index contributed by atoms with van der Waals surface area (Å²) in [5, 5.41) is 10.7. The third kappa shape index (κ3) is 5.44. The number of nitrogens with zero attached hydrogens (tertiary/aromatic N) is 1. The lowest BCUT2D eigenvalue weighted by molar-refractivity contribution is 0.0175. The minimum absolute atomic E-state index is 0.149. The number of hydrogen-bond donors (Lipinski definition) is 1. The minimum Gasteiger partial charge on any atom is -0.388 e. The molecule has 0 heterocycles. The molecule has 0 aliphatic heterocycles. The van der Waals surface area contributed by atoms with Crippen LogP contribution in [0.1, 0.15) is 59.1 Å². The lowest BCUT2D eigenvalue weighted by atomic mass is 9.82. The summed E-state index contributed by atoms with van der Waals surface area (Å²) in [5.74, 6) is 0.759. The molecule has 0 aromatic heterocycles. The van der Waals surface area contributed by atoms with E-state index in [1.807, 2.05) is 30.3 Å². The van der Waals surface area contributed by atoms with Gasteiger partial charge in [0.1, 0.15) is 0 Å². The van der Waals surface area contributed by atoms with Crippen molar-refractivity contribution in [2.45, 2.75) is 53.6 Å². The molecule has 0 radical (unpaired) electrons. The summed E-state index contributed by atoms with van der Waals surface area (Å²) in [6.07, 6.45) is 2.04. The van der Waals surface area contributed by atoms with Crippen molar-refractivity contribution >= 4 is 0 Å². The molecule has 1 unspecified atom stereocenters. The Morgan fingerprint density at radius 3 is 2.10 bits per heavy atom. The highest BCUT2D eigenvalue weighted by Gasteiger charge is 2.31. The van der Waals surface area contributed by atoms with Crippen LogP contribution in [0.3, 0.4) is 0 Å². The molecule has 1 N–H and O–H groups in total. The molecule has 1 aromatic rings. The van der Waals surface area contributed by atoms with E-state index in [0.29, 0.717) is 0 Å². The van der Waals surface area contributed by atoms with Crippen LogP contribution >= 0.6 is 0 Å². The fourth-order valence-electron chi connectivity index (χ4n) is 2.97. The highest BCUT2D eigenvalue weighted by atomic mass is 16.3. The SMILES string of the molecule is CCC(CC)CN(CC)CC(C)(C)C(O)c1ccccc1. The summed E-state index contributed by atoms with van der Waals surface area (Å²) in [5.41, 5.74) is 0.865. The molecule has 1 aromatic carbocycles. The number of hydrogen-bond acceptors (Lipinski definition) is 2. The number of aliphatic hydroxyl groups is 1. The van der Waals surface area contributed by atoms with Gasteiger partial charge in [-0.2, -0.15) is 0 Å². The van der Waals surface area contributed by atoms with Crippen LogP contribution in [0.4, 0.5) is 0 Å². The molecule has 2 heteroatoms. The highest BCUT2D eigenvalue weighted by molar-refractivity contribution is 5.19. The molecular formula is C19H33NO. The molecule has 0 aliphatic rings. The average Bonchev–Trinajstić information content (AvgIpc) is 2.51. The van der Waals surface area contributed by atoms with Crippen molar-refractivity contribution in [3.05, 3.63) is 35.9 Å². The van der Waals surface area contributed by atoms with Crippen molar-refractivity contribution in [2.24, 2.45) is 11.3 Å². The van der Waals surface area contributed by atoms with Gasteiger partial charge in [0.2, 0.25) is 0 Å². The van der Waals surface area contributed by atoms with Crippen molar-refractivity contribution in [3.8, 4) is 0 Å². The Bertz CT molecular complexity index is 384. The average molecular weight is 291 g/mol. The first kappa shape index (κ1) is 18.2. The minimum atomic E-state index is -0.422. The second kappa shape index (κ2) is 8.55. The zero-order chi connectivity index (χ0) is 15.9. The van der Waals surface area contributed by atoms with Gasteiger partial charge in [-0.25, -0.2) is 0 Å². The van der Waals surface area contributed by atoms with Gasteiger partial charge in [0.25, 0.3) is 0 Å². The Kier molecular flexibility index (Phi) is 7.41. The Hall–Kier alpha value is -0.860. The van der Waals surface area contributed by atoms with Crippen molar-refractivity contribution < 1.29 is 5.11 Å². The van der Waals surface area contributed by atoms with Crippen LogP contribution in [0.5, 0.6) is 0 Å². The first-order chi connectivity index (χ1) is 9.94. The van der Waals surface area contributed by atoms with Gasteiger partial charge in [0.15, 0.2) is 0 Å². The fourth-order valence-corrected chi connectivity index (χ4v) is 2.97. The van der Waals surface area contributed by atoms with Crippen LogP contribution in [0.2, 0.25) is 0 Å². The number of rotatable bonds is 9. The lowest BCUT2D eigenvalue weighted by Gasteiger charge is -2.37. The second-order valence-electron chi connectivity index (χ2n) is 6.81. The van der Waals surface area contributed by atoms with Crippen LogP contribution in [0, 0.1) is 11.3 Å². The standard InChI is InChI=1S/C19H33NO/c1-6-16(7-2)14-20(8-3)15-19(4,5)18(21)17-12-10-9-11-13-17/h9-13,16,18,21H,6-8,14-15H2,1-5H3. The van der Waals surface area contributed by atoms with E-state index < -0.39 is 6.10 Å². The molecule has 0 saturated carbocycles. The zero-order valence-corrected chi connectivity index (χ0v) is 14.5. The van der Waals surface area contributed by atoms with E-state index in [1.165, 1.54) is 12.8 Å². The second-order valence-corrected chi connectivity index (χ2v) is 6.81. The summed E-state index contributed by atoms with van der Waals surface area (Å²) in [7, 11) is 0. The van der Waals surface area contributed by atoms with Crippen molar-refractivity contribution in [2.75, 3.05) is 19.6 Å². The van der Waals surface area contributed by atoms with Gasteiger partial charge in [-0.15, -0.1) is 0 Å². The van der Waals surface area contributed by atoms with Gasteiger partial charge in [-0.05, 0) is 18.0 Å². The molecule has 1 rings (SSSR count). The molecule has 2 nitrogen and oxygen atoms in total. The summed E-state index contributed by atoms with van der Waals surface area (Å²) in [4.78, 5) is 2.49. The predicted octanol–water partition coefficient (Wildman–Crippen LogP) is 4.50. The number of benzene rings is 1. The maximum absolute atomic E-state index is 10.7. The topological polar surface area (TPSA) is 23.5 Å². The molecule has 1 atom stereocenters. The Morgan fingerprint density at radius 1 is 1.05 bits per heavy atom. The molecule has 0 amide bonds. The molecule has 0 saturated heterocycles. The van der Waals surface area contributed by atoms with Gasteiger partial charge in [0, 0.05) is 18.5 Å². The van der Waals surface area contributed by atoms with Gasteiger partial charge in [0.05, 0.1) is 6.10 Å². The Labute approximate surface area is 131 Å². The Balaban J connectivity index is 2.72. The van der Waals surface area contributed by atoms with E-state index in [1.54, 1.807) is 0 Å². The van der Waals surface area contributed by atoms with Crippen LogP contribution in [-0.2, 0) is 0 Å². The van der Waals surface area contributed by atoms with E-state index >= 15 is 0 Å². The molecule has 0 bridgehead atoms. The van der Waals surface area contributed by atoms with Crippen molar-refractivity contribution in [1.82, 2.24) is 4.90 Å². The van der Waals surface area contributed by atoms with Crippen molar-refractivity contribution in [3.63, 3.8) is 0 Å². The van der Waals surface area contributed by atoms with Gasteiger partial charge in [-0.1, -0.05) is 77.8 Å². The van der Waals surface area contributed by atoms with Gasteiger partial charge < -0.3 is 10.0 Å². The quantitative estimate of drug-likeness (QED) is 0.724. The summed E-state index contributed by atoms with van der Waals surface area (Å²) in [6.45, 7) is 14.2. The smallest absolute Gasteiger partial charge is 0.0853 e. The fraction of sp³-hybridized carbons (Fsp3) is 0.684. The maximum atomic E-state index is 10.7. The monoisotopic (exact) mass is 291 g/mol. The number of aliphatic hydroxyl groups excluding tert-OH is 1. The molecule has 120 valence electrons. The van der Waals surface area contributed by atoms with Crippen LogP contribution in [0.15, 0.2) is 30.3 Å². The molecule has 0 spiro atoms. The molecule has 0 fully saturated rings. The van der Waals surface area contributed by atoms with Crippen LogP contribution in [0.25, 0.3) is 0 Å². The van der Waals surface area contributed by atoms with E-state index in [9.17, 15) is 5.11 Å². The largest absolute Gasteiger partial charge is 0.388 e. The molecule has 21 heavy (non-hydrogen) atoms. The van der Waals surface area contributed by atoms with Gasteiger partial charge >= 0.3 is 0 Å². The van der Waals surface area contributed by atoms with E-state index in [0.717, 1.165) is 31.1 Å². The first-order valence-corrected chi connectivity index (χ1v) is 8.39.